The quantitative estimate of drug-likeness (QED) is 0.546. The Bertz CT molecular complexity index is 663. The molecule has 0 saturated carbocycles. The summed E-state index contributed by atoms with van der Waals surface area (Å²) < 4.78 is 22.9. The van der Waals surface area contributed by atoms with E-state index in [-0.39, 0.29) is 0 Å². The van der Waals surface area contributed by atoms with Crippen molar-refractivity contribution >= 4 is 27.5 Å². The molecular weight excluding hydrogens is 396 g/mol. The second-order valence-electron chi connectivity index (χ2n) is 5.04. The van der Waals surface area contributed by atoms with E-state index < -0.39 is 0 Å². The van der Waals surface area contributed by atoms with E-state index in [9.17, 15) is 0 Å². The molecule has 0 aliphatic carbocycles. The van der Waals surface area contributed by atoms with Gasteiger partial charge in [0.05, 0.1) is 24.8 Å². The molecule has 0 N–H and O–H groups in total. The molecule has 0 atom stereocenters. The van der Waals surface area contributed by atoms with Crippen molar-refractivity contribution in [1.29, 1.82) is 0 Å². The smallest absolute Gasteiger partial charge is 0.161 e. The van der Waals surface area contributed by atoms with Gasteiger partial charge in [0.15, 0.2) is 11.5 Å². The van der Waals surface area contributed by atoms with Gasteiger partial charge in [-0.05, 0) is 58.7 Å². The number of benzene rings is 2. The summed E-state index contributed by atoms with van der Waals surface area (Å²) in [5.41, 5.74) is 1.13. The van der Waals surface area contributed by atoms with Crippen molar-refractivity contribution in [3.05, 3.63) is 51.5 Å². The van der Waals surface area contributed by atoms with Crippen molar-refractivity contribution in [2.75, 3.05) is 33.5 Å². The highest BCUT2D eigenvalue weighted by Crippen LogP contribution is 2.28. The largest absolute Gasteiger partial charge is 0.493 e. The van der Waals surface area contributed by atoms with E-state index in [0.717, 1.165) is 21.5 Å². The van der Waals surface area contributed by atoms with Gasteiger partial charge < -0.3 is 18.9 Å². The number of ether oxygens (including phenoxy) is 4. The van der Waals surface area contributed by atoms with Crippen LogP contribution in [0.3, 0.4) is 0 Å². The van der Waals surface area contributed by atoms with Crippen LogP contribution in [-0.2, 0) is 4.74 Å². The predicted molar refractivity (Wildman–Crippen MR) is 98.7 cm³/mol. The van der Waals surface area contributed by atoms with Crippen molar-refractivity contribution in [1.82, 2.24) is 0 Å². The summed E-state index contributed by atoms with van der Waals surface area (Å²) in [6.07, 6.45) is 0. The molecule has 24 heavy (non-hydrogen) atoms. The number of hydrogen-bond donors (Lipinski definition) is 0. The Kier molecular flexibility index (Phi) is 7.69. The fourth-order valence-electron chi connectivity index (χ4n) is 2.01. The highest BCUT2D eigenvalue weighted by atomic mass is 79.9. The Hall–Kier alpha value is -1.43. The fourth-order valence-corrected chi connectivity index (χ4v) is 2.81. The summed E-state index contributed by atoms with van der Waals surface area (Å²) in [5.74, 6) is 2.18. The van der Waals surface area contributed by atoms with Gasteiger partial charge in [-0.25, -0.2) is 0 Å². The van der Waals surface area contributed by atoms with E-state index in [0.29, 0.717) is 37.2 Å². The summed E-state index contributed by atoms with van der Waals surface area (Å²) in [6.45, 7) is 3.86. The van der Waals surface area contributed by atoms with Gasteiger partial charge in [0.1, 0.15) is 19.0 Å². The molecule has 0 heterocycles. The molecule has 2 aromatic rings. The topological polar surface area (TPSA) is 36.9 Å². The molecule has 130 valence electrons. The third kappa shape index (κ3) is 5.89. The first-order chi connectivity index (χ1) is 11.6. The van der Waals surface area contributed by atoms with Crippen LogP contribution < -0.4 is 14.2 Å². The number of methoxy groups -OCH3 is 1. The second-order valence-corrected chi connectivity index (χ2v) is 6.33. The lowest BCUT2D eigenvalue weighted by Gasteiger charge is -2.12. The van der Waals surface area contributed by atoms with Gasteiger partial charge in [0.2, 0.25) is 0 Å². The van der Waals surface area contributed by atoms with Crippen LogP contribution in [0.5, 0.6) is 17.2 Å². The first kappa shape index (κ1) is 18.9. The van der Waals surface area contributed by atoms with E-state index in [4.69, 9.17) is 30.5 Å². The van der Waals surface area contributed by atoms with Crippen molar-refractivity contribution in [2.24, 2.45) is 0 Å². The lowest BCUT2D eigenvalue weighted by Crippen LogP contribution is -2.12. The van der Waals surface area contributed by atoms with Crippen molar-refractivity contribution in [3.63, 3.8) is 0 Å². The molecule has 0 aromatic heterocycles. The zero-order valence-electron chi connectivity index (χ0n) is 13.7. The Balaban J connectivity index is 1.63. The molecule has 2 aromatic carbocycles. The monoisotopic (exact) mass is 414 g/mol. The highest BCUT2D eigenvalue weighted by molar-refractivity contribution is 9.10. The van der Waals surface area contributed by atoms with Crippen LogP contribution in [0.4, 0.5) is 0 Å². The molecule has 0 aliphatic heterocycles. The third-order valence-electron chi connectivity index (χ3n) is 3.18. The van der Waals surface area contributed by atoms with Crippen molar-refractivity contribution in [2.45, 2.75) is 6.92 Å². The summed E-state index contributed by atoms with van der Waals surface area (Å²) in [4.78, 5) is 0. The van der Waals surface area contributed by atoms with Crippen LogP contribution in [0.15, 0.2) is 40.9 Å². The minimum atomic E-state index is 0.448. The summed E-state index contributed by atoms with van der Waals surface area (Å²) in [6, 6.07) is 11.2. The van der Waals surface area contributed by atoms with Crippen LogP contribution in [-0.4, -0.2) is 33.5 Å². The molecule has 0 fully saturated rings. The summed E-state index contributed by atoms with van der Waals surface area (Å²) in [5, 5.41) is 0.661. The lowest BCUT2D eigenvalue weighted by atomic mass is 10.2. The number of hydrogen-bond acceptors (Lipinski definition) is 4. The first-order valence-electron chi connectivity index (χ1n) is 7.53. The van der Waals surface area contributed by atoms with Gasteiger partial charge in [-0.15, -0.1) is 0 Å². The van der Waals surface area contributed by atoms with Gasteiger partial charge in [-0.3, -0.25) is 0 Å². The average Bonchev–Trinajstić information content (AvgIpc) is 2.56. The molecule has 4 nitrogen and oxygen atoms in total. The molecule has 2 rings (SSSR count). The third-order valence-corrected chi connectivity index (χ3v) is 4.04. The fraction of sp³-hybridized carbons (Fsp3) is 0.333. The standard InChI is InChI=1S/C18H20BrClO4/c1-13-3-5-17(18(11-13)21-2)24-10-8-22-7-9-23-16-6-4-14(20)12-15(16)19/h3-6,11-12H,7-10H2,1-2H3. The van der Waals surface area contributed by atoms with Gasteiger partial charge in [0.25, 0.3) is 0 Å². The molecule has 0 saturated heterocycles. The van der Waals surface area contributed by atoms with Gasteiger partial charge in [-0.2, -0.15) is 0 Å². The summed E-state index contributed by atoms with van der Waals surface area (Å²) >= 11 is 9.29. The molecular formula is C18H20BrClO4. The highest BCUT2D eigenvalue weighted by Gasteiger charge is 2.04. The SMILES string of the molecule is COc1cc(C)ccc1OCCOCCOc1ccc(Cl)cc1Br. The minimum absolute atomic E-state index is 0.448. The Morgan fingerprint density at radius 3 is 2.21 bits per heavy atom. The second kappa shape index (κ2) is 9.77. The molecule has 0 amide bonds. The lowest BCUT2D eigenvalue weighted by molar-refractivity contribution is 0.0755. The predicted octanol–water partition coefficient (Wildman–Crippen LogP) is 4.89. The number of halogens is 2. The zero-order valence-corrected chi connectivity index (χ0v) is 16.0. The molecule has 0 bridgehead atoms. The van der Waals surface area contributed by atoms with Crippen LogP contribution in [0.25, 0.3) is 0 Å². The molecule has 0 unspecified atom stereocenters. The Labute approximate surface area is 155 Å². The van der Waals surface area contributed by atoms with E-state index in [1.54, 1.807) is 19.2 Å². The maximum Gasteiger partial charge on any atom is 0.161 e. The number of aryl methyl sites for hydroxylation is 1. The van der Waals surface area contributed by atoms with Crippen LogP contribution >= 0.6 is 27.5 Å². The maximum atomic E-state index is 5.88. The normalized spacial score (nSPS) is 10.5. The molecule has 6 heteroatoms. The van der Waals surface area contributed by atoms with E-state index >= 15 is 0 Å². The minimum Gasteiger partial charge on any atom is -0.493 e. The maximum absolute atomic E-state index is 5.88. The molecule has 0 radical (unpaired) electrons. The van der Waals surface area contributed by atoms with E-state index in [1.165, 1.54) is 0 Å². The molecule has 0 aliphatic rings. The van der Waals surface area contributed by atoms with Crippen LogP contribution in [0, 0.1) is 6.92 Å². The summed E-state index contributed by atoms with van der Waals surface area (Å²) in [7, 11) is 1.63. The van der Waals surface area contributed by atoms with Gasteiger partial charge in [0, 0.05) is 5.02 Å². The van der Waals surface area contributed by atoms with Crippen LogP contribution in [0.1, 0.15) is 5.56 Å². The van der Waals surface area contributed by atoms with Crippen molar-refractivity contribution in [3.8, 4) is 17.2 Å². The zero-order chi connectivity index (χ0) is 17.4. The first-order valence-corrected chi connectivity index (χ1v) is 8.70. The van der Waals surface area contributed by atoms with Crippen LogP contribution in [0.2, 0.25) is 5.02 Å². The Morgan fingerprint density at radius 1 is 0.875 bits per heavy atom. The van der Waals surface area contributed by atoms with Gasteiger partial charge >= 0.3 is 0 Å². The molecule has 0 spiro atoms. The Morgan fingerprint density at radius 2 is 1.54 bits per heavy atom. The number of rotatable bonds is 9. The van der Waals surface area contributed by atoms with E-state index in [2.05, 4.69) is 15.9 Å². The van der Waals surface area contributed by atoms with E-state index in [1.807, 2.05) is 31.2 Å². The van der Waals surface area contributed by atoms with Crippen molar-refractivity contribution < 1.29 is 18.9 Å². The average molecular weight is 416 g/mol. The van der Waals surface area contributed by atoms with Gasteiger partial charge in [-0.1, -0.05) is 17.7 Å².